The lowest BCUT2D eigenvalue weighted by Crippen LogP contribution is -2.35. The van der Waals surface area contributed by atoms with Gasteiger partial charge < -0.3 is 14.8 Å². The number of aromatic nitrogens is 1. The van der Waals surface area contributed by atoms with Crippen molar-refractivity contribution in [1.82, 2.24) is 14.8 Å². The monoisotopic (exact) mass is 297 g/mol. The SMILES string of the molecule is Cc1ccc2[nH]c(C(=O)N3C[C@H]4CCN(C)[C@H]4C3)c(C)c2c1. The number of benzene rings is 1. The van der Waals surface area contributed by atoms with E-state index in [2.05, 4.69) is 49.0 Å². The molecule has 116 valence electrons. The highest BCUT2D eigenvalue weighted by Gasteiger charge is 2.41. The van der Waals surface area contributed by atoms with E-state index in [-0.39, 0.29) is 5.91 Å². The molecule has 1 aromatic carbocycles. The second kappa shape index (κ2) is 4.85. The zero-order valence-corrected chi connectivity index (χ0v) is 13.5. The van der Waals surface area contributed by atoms with Gasteiger partial charge in [0.05, 0.1) is 0 Å². The van der Waals surface area contributed by atoms with Crippen molar-refractivity contribution in [3.8, 4) is 0 Å². The minimum atomic E-state index is 0.161. The third-order valence-corrected chi connectivity index (χ3v) is 5.54. The molecule has 2 aliphatic rings. The molecule has 4 heteroatoms. The summed E-state index contributed by atoms with van der Waals surface area (Å²) in [7, 11) is 2.18. The fraction of sp³-hybridized carbons (Fsp3) is 0.500. The number of nitrogens with one attached hydrogen (secondary N) is 1. The van der Waals surface area contributed by atoms with E-state index in [9.17, 15) is 4.79 Å². The standard InChI is InChI=1S/C18H23N3O/c1-11-4-5-15-14(8-11)12(2)17(19-15)18(22)21-9-13-6-7-20(3)16(13)10-21/h4-5,8,13,16,19H,6-7,9-10H2,1-3H3/t13-,16+/m1/s1. The van der Waals surface area contributed by atoms with Crippen LogP contribution in [0.3, 0.4) is 0 Å². The van der Waals surface area contributed by atoms with Crippen LogP contribution in [0, 0.1) is 19.8 Å². The number of likely N-dealkylation sites (tertiary alicyclic amines) is 2. The van der Waals surface area contributed by atoms with Gasteiger partial charge in [-0.3, -0.25) is 4.79 Å². The fourth-order valence-corrected chi connectivity index (χ4v) is 4.15. The Morgan fingerprint density at radius 1 is 1.27 bits per heavy atom. The van der Waals surface area contributed by atoms with E-state index in [4.69, 9.17) is 0 Å². The van der Waals surface area contributed by atoms with Gasteiger partial charge in [-0.25, -0.2) is 0 Å². The molecule has 1 amide bonds. The largest absolute Gasteiger partial charge is 0.350 e. The fourth-order valence-electron chi connectivity index (χ4n) is 4.15. The summed E-state index contributed by atoms with van der Waals surface area (Å²) in [5, 5.41) is 1.17. The zero-order chi connectivity index (χ0) is 15.4. The zero-order valence-electron chi connectivity index (χ0n) is 13.5. The predicted octanol–water partition coefficient (Wildman–Crippen LogP) is 2.56. The molecule has 2 aromatic rings. The summed E-state index contributed by atoms with van der Waals surface area (Å²) in [5.74, 6) is 0.815. The lowest BCUT2D eigenvalue weighted by molar-refractivity contribution is 0.0769. The Balaban J connectivity index is 1.65. The Hall–Kier alpha value is -1.81. The average molecular weight is 297 g/mol. The Kier molecular flexibility index (Phi) is 3.05. The molecule has 1 aromatic heterocycles. The molecule has 3 heterocycles. The summed E-state index contributed by atoms with van der Waals surface area (Å²) in [4.78, 5) is 20.7. The van der Waals surface area contributed by atoms with Crippen molar-refractivity contribution < 1.29 is 4.79 Å². The number of likely N-dealkylation sites (N-methyl/N-ethyl adjacent to an activating group) is 1. The van der Waals surface area contributed by atoms with Crippen LogP contribution in [-0.2, 0) is 0 Å². The summed E-state index contributed by atoms with van der Waals surface area (Å²) in [6.45, 7) is 7.08. The summed E-state index contributed by atoms with van der Waals surface area (Å²) in [5.41, 5.74) is 4.13. The van der Waals surface area contributed by atoms with Crippen molar-refractivity contribution in [1.29, 1.82) is 0 Å². The van der Waals surface area contributed by atoms with E-state index in [1.165, 1.54) is 23.9 Å². The Morgan fingerprint density at radius 2 is 2.09 bits per heavy atom. The number of nitrogens with zero attached hydrogens (tertiary/aromatic N) is 2. The molecule has 2 atom stereocenters. The van der Waals surface area contributed by atoms with Crippen LogP contribution < -0.4 is 0 Å². The molecule has 0 saturated carbocycles. The minimum Gasteiger partial charge on any atom is -0.350 e. The van der Waals surface area contributed by atoms with Crippen molar-refractivity contribution in [2.45, 2.75) is 26.3 Å². The predicted molar refractivity (Wildman–Crippen MR) is 88.2 cm³/mol. The highest BCUT2D eigenvalue weighted by atomic mass is 16.2. The van der Waals surface area contributed by atoms with Gasteiger partial charge in [-0.1, -0.05) is 11.6 Å². The molecule has 22 heavy (non-hydrogen) atoms. The first-order chi connectivity index (χ1) is 10.5. The third-order valence-electron chi connectivity index (χ3n) is 5.54. The van der Waals surface area contributed by atoms with E-state index in [0.717, 1.165) is 29.9 Å². The quantitative estimate of drug-likeness (QED) is 0.878. The van der Waals surface area contributed by atoms with E-state index >= 15 is 0 Å². The van der Waals surface area contributed by atoms with Crippen LogP contribution in [-0.4, -0.2) is 53.4 Å². The van der Waals surface area contributed by atoms with Crippen molar-refractivity contribution in [3.05, 3.63) is 35.0 Å². The number of fused-ring (bicyclic) bond motifs is 2. The normalized spacial score (nSPS) is 25.1. The van der Waals surface area contributed by atoms with E-state index in [1.807, 2.05) is 4.90 Å². The van der Waals surface area contributed by atoms with Gasteiger partial charge in [0.15, 0.2) is 0 Å². The Morgan fingerprint density at radius 3 is 2.86 bits per heavy atom. The second-order valence-corrected chi connectivity index (χ2v) is 6.98. The maximum absolute atomic E-state index is 12.9. The van der Waals surface area contributed by atoms with Crippen LogP contribution in [0.1, 0.15) is 28.0 Å². The Bertz CT molecular complexity index is 748. The molecule has 0 radical (unpaired) electrons. The number of amides is 1. The van der Waals surface area contributed by atoms with Crippen molar-refractivity contribution >= 4 is 16.8 Å². The average Bonchev–Trinajstić information content (AvgIpc) is 3.15. The maximum Gasteiger partial charge on any atom is 0.270 e. The van der Waals surface area contributed by atoms with Crippen LogP contribution >= 0.6 is 0 Å². The molecular weight excluding hydrogens is 274 g/mol. The summed E-state index contributed by atoms with van der Waals surface area (Å²) in [6.07, 6.45) is 1.22. The Labute approximate surface area is 131 Å². The van der Waals surface area contributed by atoms with Gasteiger partial charge in [-0.15, -0.1) is 0 Å². The summed E-state index contributed by atoms with van der Waals surface area (Å²) < 4.78 is 0. The highest BCUT2D eigenvalue weighted by molar-refractivity contribution is 6.01. The molecule has 2 aliphatic heterocycles. The molecule has 2 saturated heterocycles. The van der Waals surface area contributed by atoms with Crippen LogP contribution in [0.5, 0.6) is 0 Å². The molecule has 4 rings (SSSR count). The van der Waals surface area contributed by atoms with Crippen molar-refractivity contribution in [2.75, 3.05) is 26.7 Å². The van der Waals surface area contributed by atoms with Gasteiger partial charge >= 0.3 is 0 Å². The highest BCUT2D eigenvalue weighted by Crippen LogP contribution is 2.32. The molecule has 0 spiro atoms. The summed E-state index contributed by atoms with van der Waals surface area (Å²) >= 11 is 0. The third kappa shape index (κ3) is 1.97. The number of carbonyl (C=O) groups excluding carboxylic acids is 1. The number of hydrogen-bond acceptors (Lipinski definition) is 2. The molecule has 2 fully saturated rings. The molecule has 0 unspecified atom stereocenters. The van der Waals surface area contributed by atoms with E-state index < -0.39 is 0 Å². The number of rotatable bonds is 1. The van der Waals surface area contributed by atoms with Crippen LogP contribution in [0.25, 0.3) is 10.9 Å². The summed E-state index contributed by atoms with van der Waals surface area (Å²) in [6, 6.07) is 6.86. The van der Waals surface area contributed by atoms with Gasteiger partial charge in [0.1, 0.15) is 5.69 Å². The minimum absolute atomic E-state index is 0.161. The van der Waals surface area contributed by atoms with Gasteiger partial charge in [0.25, 0.3) is 5.91 Å². The van der Waals surface area contributed by atoms with Crippen LogP contribution in [0.4, 0.5) is 0 Å². The first-order valence-electron chi connectivity index (χ1n) is 8.13. The number of aryl methyl sites for hydroxylation is 2. The number of hydrogen-bond donors (Lipinski definition) is 1. The lowest BCUT2D eigenvalue weighted by Gasteiger charge is -2.20. The molecule has 1 N–H and O–H groups in total. The molecular formula is C18H23N3O. The second-order valence-electron chi connectivity index (χ2n) is 6.98. The number of H-pyrrole nitrogens is 1. The lowest BCUT2D eigenvalue weighted by atomic mass is 10.1. The molecule has 0 aliphatic carbocycles. The smallest absolute Gasteiger partial charge is 0.270 e. The molecule has 4 nitrogen and oxygen atoms in total. The van der Waals surface area contributed by atoms with Crippen LogP contribution in [0.15, 0.2) is 18.2 Å². The van der Waals surface area contributed by atoms with Gasteiger partial charge in [-0.2, -0.15) is 0 Å². The first-order valence-corrected chi connectivity index (χ1v) is 8.13. The van der Waals surface area contributed by atoms with E-state index in [0.29, 0.717) is 12.0 Å². The first kappa shape index (κ1) is 13.8. The maximum atomic E-state index is 12.9. The molecule has 0 bridgehead atoms. The topological polar surface area (TPSA) is 39.3 Å². The van der Waals surface area contributed by atoms with E-state index in [1.54, 1.807) is 0 Å². The van der Waals surface area contributed by atoms with Gasteiger partial charge in [0.2, 0.25) is 0 Å². The van der Waals surface area contributed by atoms with Gasteiger partial charge in [0, 0.05) is 30.0 Å². The van der Waals surface area contributed by atoms with Crippen molar-refractivity contribution in [2.24, 2.45) is 5.92 Å². The number of aromatic amines is 1. The van der Waals surface area contributed by atoms with Crippen molar-refractivity contribution in [3.63, 3.8) is 0 Å². The van der Waals surface area contributed by atoms with Crippen LogP contribution in [0.2, 0.25) is 0 Å². The van der Waals surface area contributed by atoms with Gasteiger partial charge in [-0.05, 0) is 57.5 Å². The number of carbonyl (C=O) groups is 1.